The fourth-order valence-electron chi connectivity index (χ4n) is 2.24. The van der Waals surface area contributed by atoms with Gasteiger partial charge in [-0.2, -0.15) is 0 Å². The third-order valence-electron chi connectivity index (χ3n) is 3.33. The van der Waals surface area contributed by atoms with E-state index in [2.05, 4.69) is 40.8 Å². The Kier molecular flexibility index (Phi) is 6.61. The number of likely N-dealkylation sites (N-methyl/N-ethyl adjacent to an activating group) is 1. The number of nitrogens with zero attached hydrogens (tertiary/aromatic N) is 2. The van der Waals surface area contributed by atoms with Gasteiger partial charge in [-0.3, -0.25) is 0 Å². The minimum atomic E-state index is 0.420. The summed E-state index contributed by atoms with van der Waals surface area (Å²) in [6.07, 6.45) is 4.88. The maximum Gasteiger partial charge on any atom is 0.110 e. The van der Waals surface area contributed by atoms with Gasteiger partial charge in [-0.25, -0.2) is 4.98 Å². The van der Waals surface area contributed by atoms with Crippen molar-refractivity contribution in [2.24, 2.45) is 0 Å². The number of halogens is 1. The highest BCUT2D eigenvalue weighted by atomic mass is 35.5. The second-order valence-electron chi connectivity index (χ2n) is 4.85. The minimum Gasteiger partial charge on any atom is -0.335 e. The average molecular weight is 324 g/mol. The first-order chi connectivity index (χ1) is 10.2. The highest BCUT2D eigenvalue weighted by molar-refractivity contribution is 7.99. The molecule has 1 aromatic heterocycles. The van der Waals surface area contributed by atoms with E-state index in [1.54, 1.807) is 0 Å². The summed E-state index contributed by atoms with van der Waals surface area (Å²) in [5, 5.41) is 4.34. The number of benzene rings is 1. The van der Waals surface area contributed by atoms with Gasteiger partial charge in [0.15, 0.2) is 0 Å². The predicted octanol–water partition coefficient (Wildman–Crippen LogP) is 3.87. The second-order valence-corrected chi connectivity index (χ2v) is 6.38. The Labute approximate surface area is 136 Å². The van der Waals surface area contributed by atoms with Crippen LogP contribution in [0, 0.1) is 0 Å². The second kappa shape index (κ2) is 8.47. The average Bonchev–Trinajstić information content (AvgIpc) is 2.94. The molecule has 1 atom stereocenters. The molecule has 21 heavy (non-hydrogen) atoms. The SMILES string of the molecule is CCNC(CSc1ccc(Cl)cc1)Cc1nccn1CC. The van der Waals surface area contributed by atoms with Gasteiger partial charge in [-0.05, 0) is 37.7 Å². The van der Waals surface area contributed by atoms with Crippen molar-refractivity contribution in [1.29, 1.82) is 0 Å². The van der Waals surface area contributed by atoms with E-state index in [0.717, 1.165) is 36.1 Å². The van der Waals surface area contributed by atoms with Gasteiger partial charge in [0, 0.05) is 47.1 Å². The molecule has 0 bridgehead atoms. The largest absolute Gasteiger partial charge is 0.335 e. The fraction of sp³-hybridized carbons (Fsp3) is 0.438. The fourth-order valence-corrected chi connectivity index (χ4v) is 3.33. The lowest BCUT2D eigenvalue weighted by atomic mass is 10.2. The van der Waals surface area contributed by atoms with Crippen LogP contribution in [-0.4, -0.2) is 27.9 Å². The molecular formula is C16H22ClN3S. The first-order valence-corrected chi connectivity index (χ1v) is 8.71. The molecule has 0 radical (unpaired) electrons. The van der Waals surface area contributed by atoms with E-state index in [0.29, 0.717) is 6.04 Å². The number of aryl methyl sites for hydroxylation is 1. The third-order valence-corrected chi connectivity index (χ3v) is 4.76. The Morgan fingerprint density at radius 2 is 2.05 bits per heavy atom. The molecule has 0 amide bonds. The van der Waals surface area contributed by atoms with E-state index >= 15 is 0 Å². The van der Waals surface area contributed by atoms with Gasteiger partial charge in [0.2, 0.25) is 0 Å². The van der Waals surface area contributed by atoms with Crippen molar-refractivity contribution >= 4 is 23.4 Å². The highest BCUT2D eigenvalue weighted by Gasteiger charge is 2.12. The number of imidazole rings is 1. The first kappa shape index (κ1) is 16.4. The summed E-state index contributed by atoms with van der Waals surface area (Å²) in [5.41, 5.74) is 0. The standard InChI is InChI=1S/C16H22ClN3S/c1-3-18-14(11-16-19-9-10-20(16)4-2)12-21-15-7-5-13(17)6-8-15/h5-10,14,18H,3-4,11-12H2,1-2H3. The molecule has 0 spiro atoms. The molecule has 1 N–H and O–H groups in total. The minimum absolute atomic E-state index is 0.420. The molecular weight excluding hydrogens is 302 g/mol. The molecule has 2 rings (SSSR count). The summed E-state index contributed by atoms with van der Waals surface area (Å²) in [5.74, 6) is 2.17. The summed E-state index contributed by atoms with van der Waals surface area (Å²) < 4.78 is 2.21. The van der Waals surface area contributed by atoms with E-state index in [9.17, 15) is 0 Å². The molecule has 0 saturated carbocycles. The normalized spacial score (nSPS) is 12.5. The van der Waals surface area contributed by atoms with Crippen molar-refractivity contribution in [3.05, 3.63) is 47.5 Å². The molecule has 0 fully saturated rings. The van der Waals surface area contributed by atoms with Gasteiger partial charge in [0.25, 0.3) is 0 Å². The van der Waals surface area contributed by atoms with Crippen LogP contribution < -0.4 is 5.32 Å². The molecule has 1 unspecified atom stereocenters. The molecule has 114 valence electrons. The topological polar surface area (TPSA) is 29.9 Å². The number of nitrogens with one attached hydrogen (secondary N) is 1. The summed E-state index contributed by atoms with van der Waals surface area (Å²) in [7, 11) is 0. The molecule has 3 nitrogen and oxygen atoms in total. The smallest absolute Gasteiger partial charge is 0.110 e. The van der Waals surface area contributed by atoms with E-state index in [-0.39, 0.29) is 0 Å². The van der Waals surface area contributed by atoms with E-state index in [1.807, 2.05) is 36.3 Å². The van der Waals surface area contributed by atoms with Crippen molar-refractivity contribution in [2.75, 3.05) is 12.3 Å². The van der Waals surface area contributed by atoms with E-state index < -0.39 is 0 Å². The van der Waals surface area contributed by atoms with Gasteiger partial charge in [-0.1, -0.05) is 18.5 Å². The molecule has 1 heterocycles. The molecule has 5 heteroatoms. The van der Waals surface area contributed by atoms with Gasteiger partial charge in [0.05, 0.1) is 0 Å². The van der Waals surface area contributed by atoms with Gasteiger partial charge in [-0.15, -0.1) is 11.8 Å². The summed E-state index contributed by atoms with van der Waals surface area (Å²) in [4.78, 5) is 5.72. The maximum absolute atomic E-state index is 5.92. The Hall–Kier alpha value is -0.970. The van der Waals surface area contributed by atoms with E-state index in [1.165, 1.54) is 4.90 Å². The van der Waals surface area contributed by atoms with E-state index in [4.69, 9.17) is 11.6 Å². The predicted molar refractivity (Wildman–Crippen MR) is 91.2 cm³/mol. The van der Waals surface area contributed by atoms with Crippen molar-refractivity contribution in [3.8, 4) is 0 Å². The molecule has 2 aromatic rings. The van der Waals surface area contributed by atoms with Crippen LogP contribution in [0.4, 0.5) is 0 Å². The zero-order chi connectivity index (χ0) is 15.1. The number of aromatic nitrogens is 2. The molecule has 0 aliphatic rings. The number of thioether (sulfide) groups is 1. The number of hydrogen-bond donors (Lipinski definition) is 1. The Morgan fingerprint density at radius 3 is 2.71 bits per heavy atom. The Balaban J connectivity index is 1.94. The number of rotatable bonds is 8. The van der Waals surface area contributed by atoms with Crippen LogP contribution in [0.5, 0.6) is 0 Å². The van der Waals surface area contributed by atoms with Crippen LogP contribution in [0.2, 0.25) is 5.02 Å². The van der Waals surface area contributed by atoms with Gasteiger partial charge < -0.3 is 9.88 Å². The summed E-state index contributed by atoms with van der Waals surface area (Å²) >= 11 is 7.77. The Bertz CT molecular complexity index is 539. The molecule has 0 saturated heterocycles. The third kappa shape index (κ3) is 5.06. The van der Waals surface area contributed by atoms with Crippen molar-refractivity contribution < 1.29 is 0 Å². The molecule has 0 aliphatic heterocycles. The van der Waals surface area contributed by atoms with Crippen LogP contribution >= 0.6 is 23.4 Å². The van der Waals surface area contributed by atoms with Crippen LogP contribution in [0.3, 0.4) is 0 Å². The van der Waals surface area contributed by atoms with Crippen LogP contribution in [0.25, 0.3) is 0 Å². The summed E-state index contributed by atoms with van der Waals surface area (Å²) in [6, 6.07) is 8.45. The lowest BCUT2D eigenvalue weighted by Crippen LogP contribution is -2.34. The number of hydrogen-bond acceptors (Lipinski definition) is 3. The van der Waals surface area contributed by atoms with Crippen molar-refractivity contribution in [3.63, 3.8) is 0 Å². The Morgan fingerprint density at radius 1 is 1.29 bits per heavy atom. The van der Waals surface area contributed by atoms with Crippen LogP contribution in [0.1, 0.15) is 19.7 Å². The summed E-state index contributed by atoms with van der Waals surface area (Å²) in [6.45, 7) is 6.24. The van der Waals surface area contributed by atoms with Crippen LogP contribution in [-0.2, 0) is 13.0 Å². The lowest BCUT2D eigenvalue weighted by Gasteiger charge is -2.18. The van der Waals surface area contributed by atoms with Crippen molar-refractivity contribution in [2.45, 2.75) is 37.8 Å². The molecule has 0 aliphatic carbocycles. The quantitative estimate of drug-likeness (QED) is 0.748. The molecule has 1 aromatic carbocycles. The zero-order valence-electron chi connectivity index (χ0n) is 12.6. The van der Waals surface area contributed by atoms with Crippen LogP contribution in [0.15, 0.2) is 41.6 Å². The lowest BCUT2D eigenvalue weighted by molar-refractivity contribution is 0.542. The highest BCUT2D eigenvalue weighted by Crippen LogP contribution is 2.21. The maximum atomic E-state index is 5.92. The van der Waals surface area contributed by atoms with Crippen molar-refractivity contribution in [1.82, 2.24) is 14.9 Å². The van der Waals surface area contributed by atoms with Gasteiger partial charge >= 0.3 is 0 Å². The zero-order valence-corrected chi connectivity index (χ0v) is 14.1. The monoisotopic (exact) mass is 323 g/mol. The van der Waals surface area contributed by atoms with Gasteiger partial charge in [0.1, 0.15) is 5.82 Å². The first-order valence-electron chi connectivity index (χ1n) is 7.34.